The molecule has 2 heterocycles. The molecule has 0 radical (unpaired) electrons. The van der Waals surface area contributed by atoms with Gasteiger partial charge in [-0.2, -0.15) is 0 Å². The lowest BCUT2D eigenvalue weighted by atomic mass is 10.0. The van der Waals surface area contributed by atoms with E-state index in [2.05, 4.69) is 20.3 Å². The lowest BCUT2D eigenvalue weighted by molar-refractivity contribution is -0.111. The minimum absolute atomic E-state index is 0.00217. The second-order valence-corrected chi connectivity index (χ2v) is 6.72. The Morgan fingerprint density at radius 1 is 1.38 bits per heavy atom. The molecule has 7 nitrogen and oxygen atoms in total. The topological polar surface area (TPSA) is 88.0 Å². The van der Waals surface area contributed by atoms with Crippen molar-refractivity contribution in [2.75, 3.05) is 32.5 Å². The summed E-state index contributed by atoms with van der Waals surface area (Å²) in [6.45, 7) is 3.26. The maximum atomic E-state index is 11.9. The number of hydrogen-bond donors (Lipinski definition) is 2. The third kappa shape index (κ3) is 3.49. The Balaban J connectivity index is 2.07. The van der Waals surface area contributed by atoms with Crippen LogP contribution in [-0.4, -0.2) is 53.2 Å². The number of aliphatic imine (C=N–C) groups is 1. The van der Waals surface area contributed by atoms with Gasteiger partial charge in [-0.05, 0) is 39.2 Å². The summed E-state index contributed by atoms with van der Waals surface area (Å²) in [6, 6.07) is 5.74. The minimum atomic E-state index is -0.271. The highest BCUT2D eigenvalue weighted by Gasteiger charge is 2.23. The maximum Gasteiger partial charge on any atom is 0.202 e. The largest absolute Gasteiger partial charge is 0.396 e. The molecular formula is C18H21ClN6O. The molecule has 2 aromatic heterocycles. The van der Waals surface area contributed by atoms with Gasteiger partial charge < -0.3 is 16.0 Å². The van der Waals surface area contributed by atoms with Crippen molar-refractivity contribution in [1.29, 1.82) is 0 Å². The number of allylic oxidation sites excluding steroid dienone is 3. The van der Waals surface area contributed by atoms with Gasteiger partial charge in [-0.1, -0.05) is 17.7 Å². The molecule has 0 amide bonds. The van der Waals surface area contributed by atoms with E-state index in [1.54, 1.807) is 17.5 Å². The standard InChI is InChI=1S/C18H21ClN6O/c1-11-10-12(15(20)14(19)17(11)26)22-16-13-6-4-5-8-25(13)23-18(16)21-7-9-24(2)3/h4-6,8,10H,7,9,20H2,1-3H3,(H,21,23)/b22-12+. The number of likely N-dealkylation sites (N-methyl/N-ethyl adjacent to an activating group) is 1. The third-order valence-electron chi connectivity index (χ3n) is 4.02. The van der Waals surface area contributed by atoms with Crippen LogP contribution in [-0.2, 0) is 4.79 Å². The van der Waals surface area contributed by atoms with Gasteiger partial charge in [0.25, 0.3) is 0 Å². The van der Waals surface area contributed by atoms with E-state index in [-0.39, 0.29) is 16.5 Å². The van der Waals surface area contributed by atoms with E-state index < -0.39 is 0 Å². The molecule has 26 heavy (non-hydrogen) atoms. The molecular weight excluding hydrogens is 352 g/mol. The number of carbonyl (C=O) groups excluding carboxylic acids is 1. The van der Waals surface area contributed by atoms with Crippen molar-refractivity contribution in [3.05, 3.63) is 46.8 Å². The SMILES string of the molecule is CC1=C/C(=N\c2c(NCCN(C)C)nn3ccccc23)C(N)=C(Cl)C1=O. The minimum Gasteiger partial charge on any atom is -0.396 e. The molecule has 0 fully saturated rings. The van der Waals surface area contributed by atoms with Gasteiger partial charge in [-0.15, -0.1) is 5.10 Å². The average Bonchev–Trinajstić information content (AvgIpc) is 2.95. The van der Waals surface area contributed by atoms with Crippen molar-refractivity contribution in [2.24, 2.45) is 10.7 Å². The predicted octanol–water partition coefficient (Wildman–Crippen LogP) is 2.32. The molecule has 0 atom stereocenters. The summed E-state index contributed by atoms with van der Waals surface area (Å²) in [5.41, 5.74) is 8.65. The number of fused-ring (bicyclic) bond motifs is 1. The van der Waals surface area contributed by atoms with Gasteiger partial charge in [0, 0.05) is 24.9 Å². The first-order valence-corrected chi connectivity index (χ1v) is 8.59. The zero-order chi connectivity index (χ0) is 18.8. The van der Waals surface area contributed by atoms with Crippen LogP contribution in [0.5, 0.6) is 0 Å². The fraction of sp³-hybridized carbons (Fsp3) is 0.278. The van der Waals surface area contributed by atoms with Crippen LogP contribution in [0.15, 0.2) is 51.8 Å². The van der Waals surface area contributed by atoms with Gasteiger partial charge in [-0.25, -0.2) is 9.51 Å². The van der Waals surface area contributed by atoms with Crippen LogP contribution in [0.2, 0.25) is 0 Å². The van der Waals surface area contributed by atoms with E-state index in [4.69, 9.17) is 17.3 Å². The molecule has 0 saturated heterocycles. The van der Waals surface area contributed by atoms with Gasteiger partial charge in [0.15, 0.2) is 5.82 Å². The van der Waals surface area contributed by atoms with Gasteiger partial charge >= 0.3 is 0 Å². The van der Waals surface area contributed by atoms with Crippen molar-refractivity contribution < 1.29 is 4.79 Å². The number of halogens is 1. The molecule has 0 saturated carbocycles. The highest BCUT2D eigenvalue weighted by Crippen LogP contribution is 2.31. The number of nitrogens with one attached hydrogen (secondary N) is 1. The van der Waals surface area contributed by atoms with E-state index in [9.17, 15) is 4.79 Å². The Morgan fingerprint density at radius 2 is 2.15 bits per heavy atom. The quantitative estimate of drug-likeness (QED) is 0.786. The first kappa shape index (κ1) is 18.2. The molecule has 1 aliphatic carbocycles. The third-order valence-corrected chi connectivity index (χ3v) is 4.40. The second kappa shape index (κ2) is 7.31. The summed E-state index contributed by atoms with van der Waals surface area (Å²) in [5.74, 6) is 0.379. The number of nitrogens with two attached hydrogens (primary N) is 1. The van der Waals surface area contributed by atoms with Crippen LogP contribution in [0, 0.1) is 0 Å². The number of rotatable bonds is 5. The van der Waals surface area contributed by atoms with Crippen molar-refractivity contribution in [3.63, 3.8) is 0 Å². The van der Waals surface area contributed by atoms with Crippen LogP contribution in [0.3, 0.4) is 0 Å². The second-order valence-electron chi connectivity index (χ2n) is 6.34. The van der Waals surface area contributed by atoms with Crippen LogP contribution in [0.1, 0.15) is 6.92 Å². The van der Waals surface area contributed by atoms with Gasteiger partial charge in [0.1, 0.15) is 10.7 Å². The van der Waals surface area contributed by atoms with Crippen molar-refractivity contribution >= 4 is 40.1 Å². The Bertz CT molecular complexity index is 954. The van der Waals surface area contributed by atoms with Gasteiger partial charge in [-0.3, -0.25) is 4.79 Å². The van der Waals surface area contributed by atoms with Crippen LogP contribution < -0.4 is 11.1 Å². The monoisotopic (exact) mass is 372 g/mol. The lowest BCUT2D eigenvalue weighted by Crippen LogP contribution is -2.21. The molecule has 0 spiro atoms. The number of hydrogen-bond acceptors (Lipinski definition) is 6. The normalized spacial score (nSPS) is 16.7. The molecule has 3 rings (SSSR count). The fourth-order valence-electron chi connectivity index (χ4n) is 2.58. The van der Waals surface area contributed by atoms with E-state index >= 15 is 0 Å². The average molecular weight is 373 g/mol. The lowest BCUT2D eigenvalue weighted by Gasteiger charge is -2.13. The zero-order valence-electron chi connectivity index (χ0n) is 15.0. The van der Waals surface area contributed by atoms with Crippen molar-refractivity contribution in [3.8, 4) is 0 Å². The predicted molar refractivity (Wildman–Crippen MR) is 105 cm³/mol. The molecule has 0 aliphatic heterocycles. The first-order chi connectivity index (χ1) is 12.4. The van der Waals surface area contributed by atoms with Crippen molar-refractivity contribution in [1.82, 2.24) is 14.5 Å². The summed E-state index contributed by atoms with van der Waals surface area (Å²) in [6.07, 6.45) is 3.51. The molecule has 0 aromatic carbocycles. The highest BCUT2D eigenvalue weighted by molar-refractivity contribution is 6.49. The van der Waals surface area contributed by atoms with Crippen LogP contribution >= 0.6 is 11.6 Å². The fourth-order valence-corrected chi connectivity index (χ4v) is 2.83. The zero-order valence-corrected chi connectivity index (χ0v) is 15.7. The van der Waals surface area contributed by atoms with Crippen LogP contribution in [0.25, 0.3) is 5.52 Å². The first-order valence-electron chi connectivity index (χ1n) is 8.21. The molecule has 1 aliphatic rings. The maximum absolute atomic E-state index is 11.9. The summed E-state index contributed by atoms with van der Waals surface area (Å²) >= 11 is 6.07. The summed E-state index contributed by atoms with van der Waals surface area (Å²) in [7, 11) is 4.01. The summed E-state index contributed by atoms with van der Waals surface area (Å²) in [5, 5.41) is 7.87. The molecule has 2 aromatic rings. The van der Waals surface area contributed by atoms with Gasteiger partial charge in [0.05, 0.1) is 16.9 Å². The van der Waals surface area contributed by atoms with E-state index in [0.29, 0.717) is 29.3 Å². The Morgan fingerprint density at radius 3 is 2.88 bits per heavy atom. The number of anilines is 1. The molecule has 8 heteroatoms. The van der Waals surface area contributed by atoms with Gasteiger partial charge in [0.2, 0.25) is 5.78 Å². The summed E-state index contributed by atoms with van der Waals surface area (Å²) in [4.78, 5) is 18.7. The molecule has 3 N–H and O–H groups in total. The van der Waals surface area contributed by atoms with E-state index in [1.807, 2.05) is 38.5 Å². The van der Waals surface area contributed by atoms with E-state index in [1.165, 1.54) is 0 Å². The Labute approximate surface area is 156 Å². The summed E-state index contributed by atoms with van der Waals surface area (Å²) < 4.78 is 1.75. The number of aromatic nitrogens is 2. The number of nitrogens with zero attached hydrogens (tertiary/aromatic N) is 4. The molecule has 0 unspecified atom stereocenters. The number of pyridine rings is 1. The van der Waals surface area contributed by atoms with Crippen LogP contribution in [0.4, 0.5) is 11.5 Å². The molecule has 136 valence electrons. The van der Waals surface area contributed by atoms with Crippen molar-refractivity contribution in [2.45, 2.75) is 6.92 Å². The Kier molecular flexibility index (Phi) is 5.11. The molecule has 0 bridgehead atoms. The Hall–Kier alpha value is -2.64. The number of Topliss-reactive ketones (excluding diaryl/α,β-unsaturated/α-hetero) is 1. The highest BCUT2D eigenvalue weighted by atomic mass is 35.5. The smallest absolute Gasteiger partial charge is 0.202 e. The number of ketones is 1. The van der Waals surface area contributed by atoms with E-state index in [0.717, 1.165) is 12.1 Å². The number of carbonyl (C=O) groups is 1.